The molecule has 2 unspecified atom stereocenters. The molecule has 4 N–H and O–H groups in total. The summed E-state index contributed by atoms with van der Waals surface area (Å²) < 4.78 is 11.8. The molecule has 7 heteroatoms. The molecule has 18 heavy (non-hydrogen) atoms. The first kappa shape index (κ1) is 18.0. The molecule has 0 aliphatic carbocycles. The van der Waals surface area contributed by atoms with Crippen LogP contribution in [-0.2, 0) is 4.57 Å². The van der Waals surface area contributed by atoms with Crippen molar-refractivity contribution in [2.75, 3.05) is 13.1 Å². The van der Waals surface area contributed by atoms with E-state index in [-0.39, 0.29) is 25.9 Å². The first-order chi connectivity index (χ1) is 8.10. The maximum atomic E-state index is 11.8. The lowest BCUT2D eigenvalue weighted by atomic mass is 10.1. The largest absolute Gasteiger partial charge is 0.392 e. The molecule has 0 bridgehead atoms. The van der Waals surface area contributed by atoms with Gasteiger partial charge in [-0.15, -0.1) is 0 Å². The van der Waals surface area contributed by atoms with Gasteiger partial charge in [0, 0.05) is 13.1 Å². The van der Waals surface area contributed by atoms with Crippen LogP contribution in [0.4, 0.5) is 0 Å². The Kier molecular flexibility index (Phi) is 7.00. The molecule has 2 atom stereocenters. The first-order valence-corrected chi connectivity index (χ1v) is 7.88. The molecule has 0 radical (unpaired) electrons. The maximum absolute atomic E-state index is 11.8. The van der Waals surface area contributed by atoms with Crippen molar-refractivity contribution in [3.63, 3.8) is 0 Å². The van der Waals surface area contributed by atoms with Crippen LogP contribution in [0.15, 0.2) is 0 Å². The van der Waals surface area contributed by atoms with Crippen LogP contribution in [0, 0.1) is 0 Å². The Hall–Kier alpha value is 0.0300. The minimum Gasteiger partial charge on any atom is -0.392 e. The van der Waals surface area contributed by atoms with Gasteiger partial charge in [-0.05, 0) is 26.7 Å². The van der Waals surface area contributed by atoms with E-state index < -0.39 is 25.1 Å². The predicted molar refractivity (Wildman–Crippen MR) is 70.3 cm³/mol. The molecule has 0 spiro atoms. The summed E-state index contributed by atoms with van der Waals surface area (Å²) in [6, 6.07) is 0. The molecule has 0 aliphatic heterocycles. The van der Waals surface area contributed by atoms with Crippen molar-refractivity contribution in [3.8, 4) is 0 Å². The molecule has 0 amide bonds. The fourth-order valence-corrected chi connectivity index (χ4v) is 3.70. The summed E-state index contributed by atoms with van der Waals surface area (Å²) in [7, 11) is -4.37. The second-order valence-electron chi connectivity index (χ2n) is 4.84. The van der Waals surface area contributed by atoms with Gasteiger partial charge in [-0.3, -0.25) is 9.46 Å². The lowest BCUT2D eigenvalue weighted by Gasteiger charge is -2.44. The van der Waals surface area contributed by atoms with Gasteiger partial charge in [0.1, 0.15) is 5.28 Å². The molecule has 0 heterocycles. The Morgan fingerprint density at radius 3 is 1.56 bits per heavy atom. The van der Waals surface area contributed by atoms with Gasteiger partial charge in [-0.25, -0.2) is 0 Å². The smallest absolute Gasteiger partial charge is 0.345 e. The van der Waals surface area contributed by atoms with Crippen LogP contribution in [-0.4, -0.2) is 55.5 Å². The van der Waals surface area contributed by atoms with Gasteiger partial charge < -0.3 is 20.0 Å². The monoisotopic (exact) mass is 283 g/mol. The van der Waals surface area contributed by atoms with Gasteiger partial charge in [0.25, 0.3) is 0 Å². The van der Waals surface area contributed by atoms with Gasteiger partial charge in [-0.1, -0.05) is 13.8 Å². The SMILES string of the molecule is CCC(CC)(N(CC(C)O)CC(C)O)P(=O)(O)O. The summed E-state index contributed by atoms with van der Waals surface area (Å²) in [5, 5.41) is 17.6. The Morgan fingerprint density at radius 1 is 1.06 bits per heavy atom. The third-order valence-corrected chi connectivity index (χ3v) is 5.23. The van der Waals surface area contributed by atoms with Crippen molar-refractivity contribution < 1.29 is 24.6 Å². The van der Waals surface area contributed by atoms with E-state index in [1.54, 1.807) is 27.7 Å². The van der Waals surface area contributed by atoms with Crippen molar-refractivity contribution in [1.29, 1.82) is 0 Å². The minimum absolute atomic E-state index is 0.123. The van der Waals surface area contributed by atoms with Gasteiger partial charge in [0.05, 0.1) is 12.2 Å². The summed E-state index contributed by atoms with van der Waals surface area (Å²) in [5.74, 6) is 0. The summed E-state index contributed by atoms with van der Waals surface area (Å²) in [4.78, 5) is 20.8. The molecule has 0 aromatic heterocycles. The van der Waals surface area contributed by atoms with E-state index in [9.17, 15) is 24.6 Å². The van der Waals surface area contributed by atoms with Crippen molar-refractivity contribution >= 4 is 7.60 Å². The fraction of sp³-hybridized carbons (Fsp3) is 1.00. The Balaban J connectivity index is 5.40. The fourth-order valence-electron chi connectivity index (χ4n) is 2.35. The van der Waals surface area contributed by atoms with Crippen LogP contribution in [0.1, 0.15) is 40.5 Å². The molecule has 0 fully saturated rings. The van der Waals surface area contributed by atoms with Gasteiger partial charge in [0.2, 0.25) is 0 Å². The molecule has 0 saturated heterocycles. The summed E-state index contributed by atoms with van der Waals surface area (Å²) in [6.45, 7) is 6.78. The molecule has 6 nitrogen and oxygen atoms in total. The van der Waals surface area contributed by atoms with Crippen molar-refractivity contribution in [2.45, 2.75) is 58.0 Å². The summed E-state index contributed by atoms with van der Waals surface area (Å²) in [5.41, 5.74) is 0. The second-order valence-corrected chi connectivity index (χ2v) is 6.76. The van der Waals surface area contributed by atoms with E-state index in [0.717, 1.165) is 0 Å². The Bertz CT molecular complexity index is 275. The topological polar surface area (TPSA) is 101 Å². The maximum Gasteiger partial charge on any atom is 0.345 e. The summed E-state index contributed by atoms with van der Waals surface area (Å²) in [6.07, 6.45) is -0.916. The molecule has 0 aliphatic rings. The number of aliphatic hydroxyl groups is 2. The average Bonchev–Trinajstić information content (AvgIpc) is 2.15. The van der Waals surface area contributed by atoms with Crippen LogP contribution in [0.2, 0.25) is 0 Å². The number of hydrogen-bond donors (Lipinski definition) is 4. The highest BCUT2D eigenvalue weighted by Crippen LogP contribution is 2.56. The molecular weight excluding hydrogens is 257 g/mol. The van der Waals surface area contributed by atoms with E-state index in [1.807, 2.05) is 0 Å². The third kappa shape index (κ3) is 4.30. The highest BCUT2D eigenvalue weighted by Gasteiger charge is 2.48. The molecular formula is C11H26NO5P. The number of hydrogen-bond acceptors (Lipinski definition) is 4. The highest BCUT2D eigenvalue weighted by atomic mass is 31.2. The van der Waals surface area contributed by atoms with Crippen LogP contribution in [0.25, 0.3) is 0 Å². The summed E-state index contributed by atoms with van der Waals surface area (Å²) >= 11 is 0. The van der Waals surface area contributed by atoms with Crippen LogP contribution < -0.4 is 0 Å². The van der Waals surface area contributed by atoms with Crippen LogP contribution >= 0.6 is 7.60 Å². The predicted octanol–water partition coefficient (Wildman–Crippen LogP) is 0.744. The number of aliphatic hydroxyl groups excluding tert-OH is 2. The van der Waals surface area contributed by atoms with E-state index in [2.05, 4.69) is 0 Å². The Morgan fingerprint density at radius 2 is 1.39 bits per heavy atom. The van der Waals surface area contributed by atoms with E-state index >= 15 is 0 Å². The lowest BCUT2D eigenvalue weighted by molar-refractivity contribution is 0.0282. The quantitative estimate of drug-likeness (QED) is 0.490. The van der Waals surface area contributed by atoms with Crippen LogP contribution in [0.5, 0.6) is 0 Å². The zero-order chi connectivity index (χ0) is 14.6. The molecule has 0 aromatic rings. The van der Waals surface area contributed by atoms with Gasteiger partial charge >= 0.3 is 7.60 Å². The van der Waals surface area contributed by atoms with Crippen molar-refractivity contribution in [1.82, 2.24) is 4.90 Å². The van der Waals surface area contributed by atoms with E-state index in [1.165, 1.54) is 4.90 Å². The zero-order valence-corrected chi connectivity index (χ0v) is 12.5. The zero-order valence-electron chi connectivity index (χ0n) is 11.6. The lowest BCUT2D eigenvalue weighted by Crippen LogP contribution is -2.52. The van der Waals surface area contributed by atoms with Crippen LogP contribution in [0.3, 0.4) is 0 Å². The van der Waals surface area contributed by atoms with Crippen molar-refractivity contribution in [2.24, 2.45) is 0 Å². The second kappa shape index (κ2) is 6.98. The molecule has 110 valence electrons. The van der Waals surface area contributed by atoms with E-state index in [4.69, 9.17) is 0 Å². The standard InChI is InChI=1S/C11H26NO5P/c1-5-11(6-2,18(15,16)17)12(7-9(3)13)8-10(4)14/h9-10,13-14H,5-8H2,1-4H3,(H2,15,16,17). The van der Waals surface area contributed by atoms with Crippen molar-refractivity contribution in [3.05, 3.63) is 0 Å². The highest BCUT2D eigenvalue weighted by molar-refractivity contribution is 7.53. The minimum atomic E-state index is -4.37. The average molecular weight is 283 g/mol. The van der Waals surface area contributed by atoms with E-state index in [0.29, 0.717) is 0 Å². The molecule has 0 rings (SSSR count). The first-order valence-electron chi connectivity index (χ1n) is 6.27. The van der Waals surface area contributed by atoms with Gasteiger partial charge in [-0.2, -0.15) is 0 Å². The Labute approximate surface area is 109 Å². The molecule has 0 saturated carbocycles. The number of nitrogens with zero attached hydrogens (tertiary/aromatic N) is 1. The molecule has 0 aromatic carbocycles. The normalized spacial score (nSPS) is 16.9. The van der Waals surface area contributed by atoms with Gasteiger partial charge in [0.15, 0.2) is 0 Å². The third-order valence-electron chi connectivity index (χ3n) is 3.23. The number of rotatable bonds is 8.